The van der Waals surface area contributed by atoms with Gasteiger partial charge in [0.1, 0.15) is 5.82 Å². The number of anilines is 2. The minimum atomic E-state index is -4.35. The van der Waals surface area contributed by atoms with Crippen LogP contribution in [0.4, 0.5) is 24.7 Å². The summed E-state index contributed by atoms with van der Waals surface area (Å²) in [6.45, 7) is 19.6. The number of benzene rings is 1. The highest BCUT2D eigenvalue weighted by Crippen LogP contribution is 2.29. The lowest BCUT2D eigenvalue weighted by Gasteiger charge is -2.10. The number of pyridine rings is 4. The minimum Gasteiger partial charge on any atom is -0.352 e. The number of halogens is 3. The summed E-state index contributed by atoms with van der Waals surface area (Å²) in [6.07, 6.45) is 7.50. The van der Waals surface area contributed by atoms with Gasteiger partial charge in [0.25, 0.3) is 0 Å². The lowest BCUT2D eigenvalue weighted by atomic mass is 10.1. The van der Waals surface area contributed by atoms with Gasteiger partial charge < -0.3 is 26.6 Å². The van der Waals surface area contributed by atoms with E-state index >= 15 is 0 Å². The Morgan fingerprint density at radius 3 is 1.39 bits per heavy atom. The highest BCUT2D eigenvalue weighted by molar-refractivity contribution is 5.92. The fourth-order valence-electron chi connectivity index (χ4n) is 4.47. The summed E-state index contributed by atoms with van der Waals surface area (Å²) in [6, 6.07) is 21.5. The molecule has 0 unspecified atom stereocenters. The van der Waals surface area contributed by atoms with Crippen LogP contribution in [0, 0.1) is 29.6 Å². The summed E-state index contributed by atoms with van der Waals surface area (Å²) < 4.78 is 37.2. The molecule has 0 saturated carbocycles. The third-order valence-electron chi connectivity index (χ3n) is 8.59. The third-order valence-corrected chi connectivity index (χ3v) is 8.59. The van der Waals surface area contributed by atoms with Crippen molar-refractivity contribution in [2.75, 3.05) is 10.6 Å². The Bertz CT molecular complexity index is 2060. The molecular formula is C50H66F3N9O5. The molecule has 0 radical (unpaired) electrons. The largest absolute Gasteiger partial charge is 0.416 e. The summed E-state index contributed by atoms with van der Waals surface area (Å²) in [5.41, 5.74) is 2.58. The molecule has 4 heterocycles. The molecule has 14 nitrogen and oxygen atoms in total. The SMILES string of the molecule is CC(C)C(=O)NCc1cccc(C(F)(F)F)c1.CC(C)C(=O)NCc1cccnc1.CC(C)C(=O)NCc1ccncc1.CC(C)C(=O)Nc1ccccn1.CC(C)C(=O)Nc1cccnc1. The van der Waals surface area contributed by atoms with Crippen LogP contribution in [0.3, 0.4) is 0 Å². The first-order valence-corrected chi connectivity index (χ1v) is 21.8. The third kappa shape index (κ3) is 27.1. The van der Waals surface area contributed by atoms with E-state index in [2.05, 4.69) is 46.5 Å². The van der Waals surface area contributed by atoms with Gasteiger partial charge in [0.2, 0.25) is 29.5 Å². The Kier molecular flexibility index (Phi) is 27.5. The van der Waals surface area contributed by atoms with Crippen LogP contribution in [-0.2, 0) is 49.8 Å². The van der Waals surface area contributed by atoms with E-state index in [0.29, 0.717) is 24.5 Å². The predicted octanol–water partition coefficient (Wildman–Crippen LogP) is 9.04. The second-order valence-corrected chi connectivity index (χ2v) is 16.3. The maximum absolute atomic E-state index is 12.4. The number of nitrogens with one attached hydrogen (secondary N) is 5. The van der Waals surface area contributed by atoms with Crippen molar-refractivity contribution in [2.24, 2.45) is 29.6 Å². The van der Waals surface area contributed by atoms with Gasteiger partial charge >= 0.3 is 6.18 Å². The normalized spacial score (nSPS) is 10.4. The van der Waals surface area contributed by atoms with E-state index in [1.54, 1.807) is 75.4 Å². The van der Waals surface area contributed by atoms with Gasteiger partial charge in [0, 0.05) is 86.4 Å². The summed E-state index contributed by atoms with van der Waals surface area (Å²) in [7, 11) is 0. The van der Waals surface area contributed by atoms with Crippen molar-refractivity contribution in [1.29, 1.82) is 0 Å². The fourth-order valence-corrected chi connectivity index (χ4v) is 4.47. The lowest BCUT2D eigenvalue weighted by molar-refractivity contribution is -0.137. The number of carbonyl (C=O) groups is 5. The second kappa shape index (κ2) is 31.8. The van der Waals surface area contributed by atoms with Crippen LogP contribution in [-0.4, -0.2) is 49.5 Å². The monoisotopic (exact) mass is 930 g/mol. The first-order chi connectivity index (χ1) is 31.6. The van der Waals surface area contributed by atoms with Crippen LogP contribution in [0.1, 0.15) is 91.5 Å². The van der Waals surface area contributed by atoms with Gasteiger partial charge in [-0.15, -0.1) is 0 Å². The number of rotatable bonds is 13. The molecule has 0 aliphatic heterocycles. The van der Waals surface area contributed by atoms with Crippen LogP contribution >= 0.6 is 0 Å². The Morgan fingerprint density at radius 2 is 0.940 bits per heavy atom. The number of amides is 5. The molecule has 0 bridgehead atoms. The summed E-state index contributed by atoms with van der Waals surface area (Å²) >= 11 is 0. The average molecular weight is 930 g/mol. The highest BCUT2D eigenvalue weighted by Gasteiger charge is 2.30. The van der Waals surface area contributed by atoms with Crippen molar-refractivity contribution in [3.8, 4) is 0 Å². The molecule has 5 amide bonds. The lowest BCUT2D eigenvalue weighted by Crippen LogP contribution is -2.27. The Labute approximate surface area is 392 Å². The van der Waals surface area contributed by atoms with E-state index in [0.717, 1.165) is 28.9 Å². The van der Waals surface area contributed by atoms with Gasteiger partial charge in [0.05, 0.1) is 17.4 Å². The van der Waals surface area contributed by atoms with Crippen LogP contribution in [0.2, 0.25) is 0 Å². The van der Waals surface area contributed by atoms with Gasteiger partial charge in [-0.2, -0.15) is 13.2 Å². The molecule has 0 saturated heterocycles. The quantitative estimate of drug-likeness (QED) is 0.0765. The average Bonchev–Trinajstić information content (AvgIpc) is 3.31. The summed E-state index contributed by atoms with van der Waals surface area (Å²) in [4.78, 5) is 71.7. The maximum Gasteiger partial charge on any atom is 0.416 e. The number of aromatic nitrogens is 4. The molecule has 0 fully saturated rings. The molecule has 4 aromatic heterocycles. The van der Waals surface area contributed by atoms with Crippen molar-refractivity contribution in [1.82, 2.24) is 35.9 Å². The van der Waals surface area contributed by atoms with Crippen LogP contribution < -0.4 is 26.6 Å². The van der Waals surface area contributed by atoms with Crippen LogP contribution in [0.25, 0.3) is 0 Å². The molecule has 0 spiro atoms. The van der Waals surface area contributed by atoms with Gasteiger partial charge in [0.15, 0.2) is 0 Å². The van der Waals surface area contributed by atoms with Crippen molar-refractivity contribution in [3.05, 3.63) is 144 Å². The topological polar surface area (TPSA) is 197 Å². The summed E-state index contributed by atoms with van der Waals surface area (Å²) in [5.74, 6) is 0.493. The van der Waals surface area contributed by atoms with E-state index < -0.39 is 11.7 Å². The number of hydrogen-bond donors (Lipinski definition) is 5. The molecule has 5 rings (SSSR count). The van der Waals surface area contributed by atoms with Crippen LogP contribution in [0.15, 0.2) is 122 Å². The first kappa shape index (κ1) is 58.0. The Balaban J connectivity index is 0.000000421. The number of alkyl halides is 3. The van der Waals surface area contributed by atoms with Gasteiger partial charge in [-0.05, 0) is 71.3 Å². The smallest absolute Gasteiger partial charge is 0.352 e. The predicted molar refractivity (Wildman–Crippen MR) is 255 cm³/mol. The molecule has 0 atom stereocenters. The molecule has 67 heavy (non-hydrogen) atoms. The van der Waals surface area contributed by atoms with Gasteiger partial charge in [-0.3, -0.25) is 38.9 Å². The number of hydrogen-bond acceptors (Lipinski definition) is 9. The van der Waals surface area contributed by atoms with E-state index in [1.807, 2.05) is 97.9 Å². The van der Waals surface area contributed by atoms with Crippen molar-refractivity contribution in [2.45, 2.75) is 95.0 Å². The van der Waals surface area contributed by atoms with E-state index in [-0.39, 0.29) is 65.7 Å². The molecule has 362 valence electrons. The second-order valence-electron chi connectivity index (χ2n) is 16.3. The van der Waals surface area contributed by atoms with E-state index in [1.165, 1.54) is 6.07 Å². The van der Waals surface area contributed by atoms with E-state index in [9.17, 15) is 37.1 Å². The van der Waals surface area contributed by atoms with Crippen molar-refractivity contribution < 1.29 is 37.1 Å². The zero-order valence-corrected chi connectivity index (χ0v) is 40.0. The fraction of sp³-hybridized carbons (Fsp3) is 0.380. The van der Waals surface area contributed by atoms with Crippen molar-refractivity contribution >= 4 is 41.0 Å². The summed E-state index contributed by atoms with van der Waals surface area (Å²) in [5, 5.41) is 13.7. The zero-order valence-electron chi connectivity index (χ0n) is 40.0. The Morgan fingerprint density at radius 1 is 0.463 bits per heavy atom. The van der Waals surface area contributed by atoms with Crippen molar-refractivity contribution in [3.63, 3.8) is 0 Å². The molecular weight excluding hydrogens is 864 g/mol. The van der Waals surface area contributed by atoms with Gasteiger partial charge in [-0.25, -0.2) is 4.98 Å². The molecule has 0 aliphatic carbocycles. The van der Waals surface area contributed by atoms with Crippen LogP contribution in [0.5, 0.6) is 0 Å². The van der Waals surface area contributed by atoms with Gasteiger partial charge in [-0.1, -0.05) is 93.5 Å². The molecule has 17 heteroatoms. The molecule has 1 aromatic carbocycles. The highest BCUT2D eigenvalue weighted by atomic mass is 19.4. The van der Waals surface area contributed by atoms with E-state index in [4.69, 9.17) is 0 Å². The minimum absolute atomic E-state index is 0.00482. The molecule has 0 aliphatic rings. The first-order valence-electron chi connectivity index (χ1n) is 21.8. The maximum atomic E-state index is 12.4. The number of carbonyl (C=O) groups excluding carboxylic acids is 5. The Hall–Kier alpha value is -7.04. The molecule has 5 N–H and O–H groups in total. The number of nitrogens with zero attached hydrogens (tertiary/aromatic N) is 4. The molecule has 5 aromatic rings. The zero-order chi connectivity index (χ0) is 50.4. The standard InChI is InChI=1S/C12H14F3NO.2C10H14N2O.2C9H12N2O/c1-8(2)11(17)16-7-9-4-3-5-10(6-9)12(13,14)15;1-8(2)10(13)12-7-9-3-5-11-6-4-9;1-8(2)10(13)12-7-9-4-3-5-11-6-9;1-7(2)9(12)11-8-4-3-5-10-6-8;1-7(2)9(12)11-8-5-3-4-6-10-8/h3-6,8H,7H2,1-2H3,(H,16,17);2*3-6,8H,7H2,1-2H3,(H,12,13);3-7H,1-2H3,(H,11,12);3-7H,1-2H3,(H,10,11,12).